The molecule has 4 heterocycles. The monoisotopic (exact) mass is 370 g/mol. The van der Waals surface area contributed by atoms with Crippen molar-refractivity contribution in [2.24, 2.45) is 5.92 Å². The topological polar surface area (TPSA) is 59.1 Å². The first-order chi connectivity index (χ1) is 13.1. The number of carbonyl (C=O) groups excluding carboxylic acids is 2. The molecule has 0 unspecified atom stereocenters. The highest BCUT2D eigenvalue weighted by Gasteiger charge is 2.50. The van der Waals surface area contributed by atoms with E-state index < -0.39 is 6.10 Å². The largest absolute Gasteiger partial charge is 0.480 e. The molecule has 5 rings (SSSR count). The van der Waals surface area contributed by atoms with Crippen LogP contribution in [0.4, 0.5) is 0 Å². The van der Waals surface area contributed by atoms with E-state index in [-0.39, 0.29) is 17.4 Å². The molecule has 1 aromatic rings. The summed E-state index contributed by atoms with van der Waals surface area (Å²) in [7, 11) is 0. The van der Waals surface area contributed by atoms with E-state index in [9.17, 15) is 9.59 Å². The Kier molecular flexibility index (Phi) is 4.11. The Morgan fingerprint density at radius 1 is 1.26 bits per heavy atom. The second-order valence-electron chi connectivity index (χ2n) is 8.45. The minimum absolute atomic E-state index is 0.0743. The number of benzene rings is 1. The lowest BCUT2D eigenvalue weighted by molar-refractivity contribution is -0.193. The van der Waals surface area contributed by atoms with Crippen molar-refractivity contribution in [1.29, 1.82) is 0 Å². The van der Waals surface area contributed by atoms with Gasteiger partial charge in [0.1, 0.15) is 11.4 Å². The van der Waals surface area contributed by atoms with E-state index in [2.05, 4.69) is 0 Å². The van der Waals surface area contributed by atoms with E-state index in [0.29, 0.717) is 38.5 Å². The van der Waals surface area contributed by atoms with E-state index in [0.717, 1.165) is 43.7 Å². The van der Waals surface area contributed by atoms with Gasteiger partial charge in [-0.2, -0.15) is 0 Å². The Bertz CT molecular complexity index is 723. The number of likely N-dealkylation sites (tertiary alicyclic amines) is 2. The predicted octanol–water partition coefficient (Wildman–Crippen LogP) is 1.62. The van der Waals surface area contributed by atoms with Crippen LogP contribution in [0.15, 0.2) is 24.3 Å². The molecule has 2 amide bonds. The van der Waals surface area contributed by atoms with Crippen molar-refractivity contribution in [3.05, 3.63) is 29.8 Å². The third kappa shape index (κ3) is 3.10. The van der Waals surface area contributed by atoms with Crippen LogP contribution in [0, 0.1) is 5.92 Å². The van der Waals surface area contributed by atoms with E-state index in [1.54, 1.807) is 0 Å². The van der Waals surface area contributed by atoms with Crippen molar-refractivity contribution in [2.45, 2.75) is 43.8 Å². The zero-order valence-electron chi connectivity index (χ0n) is 15.6. The normalized spacial score (nSPS) is 28.8. The van der Waals surface area contributed by atoms with Gasteiger partial charge in [-0.3, -0.25) is 9.59 Å². The summed E-state index contributed by atoms with van der Waals surface area (Å²) in [5.41, 5.74) is 0.936. The molecule has 3 fully saturated rings. The van der Waals surface area contributed by atoms with Crippen LogP contribution in [0.25, 0.3) is 0 Å². The zero-order chi connectivity index (χ0) is 18.4. The summed E-state index contributed by atoms with van der Waals surface area (Å²) in [6, 6.07) is 7.87. The van der Waals surface area contributed by atoms with Gasteiger partial charge >= 0.3 is 0 Å². The fourth-order valence-electron chi connectivity index (χ4n) is 4.85. The molecule has 0 saturated carbocycles. The first-order valence-corrected chi connectivity index (χ1v) is 10.1. The Labute approximate surface area is 159 Å². The molecule has 2 atom stereocenters. The number of hydrogen-bond acceptors (Lipinski definition) is 4. The van der Waals surface area contributed by atoms with Crippen molar-refractivity contribution in [2.75, 3.05) is 32.8 Å². The molecule has 0 aromatic heterocycles. The fraction of sp³-hybridized carbons (Fsp3) is 0.619. The van der Waals surface area contributed by atoms with Crippen LogP contribution < -0.4 is 4.74 Å². The van der Waals surface area contributed by atoms with Crippen LogP contribution in [0.2, 0.25) is 0 Å². The number of ether oxygens (including phenoxy) is 2. The molecule has 6 nitrogen and oxygen atoms in total. The molecular formula is C21H26N2O4. The van der Waals surface area contributed by atoms with Crippen LogP contribution in [-0.4, -0.2) is 66.1 Å². The zero-order valence-corrected chi connectivity index (χ0v) is 15.6. The van der Waals surface area contributed by atoms with Crippen molar-refractivity contribution in [3.63, 3.8) is 0 Å². The SMILES string of the molecule is O=C1CCCN1C[C@H]1CCC2(CN(C(=O)[C@H]3Cc4ccccc4O3)C2)OC1. The van der Waals surface area contributed by atoms with E-state index in [1.165, 1.54) is 0 Å². The summed E-state index contributed by atoms with van der Waals surface area (Å²) in [5.74, 6) is 1.62. The molecule has 0 bridgehead atoms. The van der Waals surface area contributed by atoms with Gasteiger partial charge in [0.2, 0.25) is 5.91 Å². The lowest BCUT2D eigenvalue weighted by atomic mass is 9.82. The van der Waals surface area contributed by atoms with Crippen LogP contribution in [0.1, 0.15) is 31.2 Å². The lowest BCUT2D eigenvalue weighted by Crippen LogP contribution is -2.68. The van der Waals surface area contributed by atoms with E-state index in [4.69, 9.17) is 9.47 Å². The van der Waals surface area contributed by atoms with Crippen LogP contribution in [0.5, 0.6) is 5.75 Å². The summed E-state index contributed by atoms with van der Waals surface area (Å²) in [5, 5.41) is 0. The van der Waals surface area contributed by atoms with Crippen LogP contribution >= 0.6 is 0 Å². The predicted molar refractivity (Wildman–Crippen MR) is 98.4 cm³/mol. The van der Waals surface area contributed by atoms with Crippen molar-refractivity contribution in [1.82, 2.24) is 9.80 Å². The Hall–Kier alpha value is -2.08. The first-order valence-electron chi connectivity index (χ1n) is 10.1. The Morgan fingerprint density at radius 2 is 2.11 bits per heavy atom. The molecule has 144 valence electrons. The molecular weight excluding hydrogens is 344 g/mol. The summed E-state index contributed by atoms with van der Waals surface area (Å²) in [6.07, 6.45) is 3.98. The number of para-hydroxylation sites is 1. The van der Waals surface area contributed by atoms with Gasteiger partial charge in [0.15, 0.2) is 6.10 Å². The van der Waals surface area contributed by atoms with E-state index >= 15 is 0 Å². The number of amides is 2. The van der Waals surface area contributed by atoms with Gasteiger partial charge < -0.3 is 19.3 Å². The molecule has 0 aliphatic carbocycles. The maximum absolute atomic E-state index is 12.8. The van der Waals surface area contributed by atoms with Gasteiger partial charge in [-0.15, -0.1) is 0 Å². The Morgan fingerprint density at radius 3 is 2.81 bits per heavy atom. The highest BCUT2D eigenvalue weighted by atomic mass is 16.5. The average molecular weight is 370 g/mol. The maximum Gasteiger partial charge on any atom is 0.264 e. The number of fused-ring (bicyclic) bond motifs is 1. The summed E-state index contributed by atoms with van der Waals surface area (Å²) < 4.78 is 12.0. The first kappa shape index (κ1) is 17.0. The molecule has 3 saturated heterocycles. The molecule has 4 aliphatic heterocycles. The minimum atomic E-state index is -0.391. The summed E-state index contributed by atoms with van der Waals surface area (Å²) >= 11 is 0. The number of rotatable bonds is 3. The number of carbonyl (C=O) groups is 2. The lowest BCUT2D eigenvalue weighted by Gasteiger charge is -2.53. The van der Waals surface area contributed by atoms with Crippen molar-refractivity contribution in [3.8, 4) is 5.75 Å². The van der Waals surface area contributed by atoms with E-state index in [1.807, 2.05) is 34.1 Å². The third-order valence-electron chi connectivity index (χ3n) is 6.48. The van der Waals surface area contributed by atoms with Gasteiger partial charge in [-0.1, -0.05) is 18.2 Å². The highest BCUT2D eigenvalue weighted by molar-refractivity contribution is 5.83. The van der Waals surface area contributed by atoms with Crippen LogP contribution in [-0.2, 0) is 20.7 Å². The number of hydrogen-bond donors (Lipinski definition) is 0. The minimum Gasteiger partial charge on any atom is -0.480 e. The molecule has 0 N–H and O–H groups in total. The smallest absolute Gasteiger partial charge is 0.264 e. The van der Waals surface area contributed by atoms with Gasteiger partial charge in [0.05, 0.1) is 19.7 Å². The molecule has 1 aromatic carbocycles. The molecule has 27 heavy (non-hydrogen) atoms. The molecule has 4 aliphatic rings. The summed E-state index contributed by atoms with van der Waals surface area (Å²) in [4.78, 5) is 28.4. The maximum atomic E-state index is 12.8. The molecule has 6 heteroatoms. The highest BCUT2D eigenvalue weighted by Crippen LogP contribution is 2.38. The van der Waals surface area contributed by atoms with Gasteiger partial charge in [0.25, 0.3) is 5.91 Å². The van der Waals surface area contributed by atoms with Crippen molar-refractivity contribution >= 4 is 11.8 Å². The summed E-state index contributed by atoms with van der Waals surface area (Å²) in [6.45, 7) is 3.74. The fourth-order valence-corrected chi connectivity index (χ4v) is 4.85. The number of nitrogens with zero attached hydrogens (tertiary/aromatic N) is 2. The average Bonchev–Trinajstić information content (AvgIpc) is 3.26. The van der Waals surface area contributed by atoms with Gasteiger partial charge in [-0.05, 0) is 30.9 Å². The molecule has 0 radical (unpaired) electrons. The quantitative estimate of drug-likeness (QED) is 0.811. The second-order valence-corrected chi connectivity index (χ2v) is 8.45. The second kappa shape index (κ2) is 6.51. The van der Waals surface area contributed by atoms with Crippen molar-refractivity contribution < 1.29 is 19.1 Å². The Balaban J connectivity index is 1.11. The molecule has 1 spiro atoms. The third-order valence-corrected chi connectivity index (χ3v) is 6.48. The standard InChI is InChI=1S/C21H26N2O4/c24-19-6-3-9-22(19)11-15-7-8-21(26-12-15)13-23(14-21)20(25)18-10-16-4-1-2-5-17(16)27-18/h1-2,4-5,15,18H,3,6-14H2/t15-,18-/m1/s1. The van der Waals surface area contributed by atoms with Gasteiger partial charge in [-0.25, -0.2) is 0 Å². The van der Waals surface area contributed by atoms with Crippen LogP contribution in [0.3, 0.4) is 0 Å². The van der Waals surface area contributed by atoms with Gasteiger partial charge in [0, 0.05) is 31.8 Å².